The van der Waals surface area contributed by atoms with Crippen molar-refractivity contribution in [2.24, 2.45) is 23.7 Å². The molecule has 3 aliphatic rings. The van der Waals surface area contributed by atoms with Crippen molar-refractivity contribution >= 4 is 10.4 Å². The van der Waals surface area contributed by atoms with Crippen LogP contribution in [-0.2, 0) is 19.3 Å². The largest absolute Gasteiger partial charge is 0.400 e. The minimum Gasteiger partial charge on any atom is -0.341 e. The Kier molecular flexibility index (Phi) is 3.34. The van der Waals surface area contributed by atoms with Gasteiger partial charge in [-0.15, -0.1) is 0 Å². The number of fused-ring (bicyclic) bond motifs is 1. The monoisotopic (exact) mass is 316 g/mol. The molecule has 3 rings (SSSR count). The van der Waals surface area contributed by atoms with Gasteiger partial charge in [0.1, 0.15) is 0 Å². The van der Waals surface area contributed by atoms with E-state index in [2.05, 4.69) is 13.5 Å². The summed E-state index contributed by atoms with van der Waals surface area (Å²) < 4.78 is 43.3. The van der Waals surface area contributed by atoms with Crippen molar-refractivity contribution in [1.29, 1.82) is 0 Å². The highest BCUT2D eigenvalue weighted by atomic mass is 32.3. The van der Waals surface area contributed by atoms with Crippen LogP contribution in [0.5, 0.6) is 0 Å². The Morgan fingerprint density at radius 1 is 1.43 bits per heavy atom. The van der Waals surface area contributed by atoms with Gasteiger partial charge in [-0.25, -0.2) is 4.18 Å². The summed E-state index contributed by atoms with van der Waals surface area (Å²) in [7, 11) is -4.57. The van der Waals surface area contributed by atoms with Crippen LogP contribution in [0.15, 0.2) is 12.2 Å². The Morgan fingerprint density at radius 3 is 2.67 bits per heavy atom. The molecule has 5 atom stereocenters. The van der Waals surface area contributed by atoms with Gasteiger partial charge in [0.05, 0.1) is 5.60 Å². The van der Waals surface area contributed by atoms with Crippen molar-refractivity contribution in [3.63, 3.8) is 0 Å². The van der Waals surface area contributed by atoms with Gasteiger partial charge in [0, 0.05) is 18.3 Å². The summed E-state index contributed by atoms with van der Waals surface area (Å²) in [5, 5.41) is 0. The molecule has 0 aromatic carbocycles. The zero-order valence-electron chi connectivity index (χ0n) is 12.8. The van der Waals surface area contributed by atoms with Gasteiger partial charge in [-0.3, -0.25) is 4.55 Å². The van der Waals surface area contributed by atoms with E-state index in [1.807, 2.05) is 13.8 Å². The van der Waals surface area contributed by atoms with Crippen molar-refractivity contribution < 1.29 is 21.9 Å². The highest BCUT2D eigenvalue weighted by Gasteiger charge is 2.68. The van der Waals surface area contributed by atoms with Crippen molar-refractivity contribution in [3.05, 3.63) is 12.2 Å². The van der Waals surface area contributed by atoms with Crippen LogP contribution in [0.3, 0.4) is 0 Å². The first kappa shape index (κ1) is 15.5. The van der Waals surface area contributed by atoms with Crippen LogP contribution in [-0.4, -0.2) is 24.4 Å². The lowest BCUT2D eigenvalue weighted by atomic mass is 9.77. The first-order valence-corrected chi connectivity index (χ1v) is 9.02. The van der Waals surface area contributed by atoms with E-state index in [1.54, 1.807) is 0 Å². The van der Waals surface area contributed by atoms with E-state index in [0.29, 0.717) is 12.3 Å². The molecule has 1 saturated carbocycles. The molecule has 0 radical (unpaired) electrons. The fraction of sp³-hybridized carbons (Fsp3) is 0.867. The van der Waals surface area contributed by atoms with E-state index in [-0.39, 0.29) is 23.4 Å². The molecule has 6 heteroatoms. The summed E-state index contributed by atoms with van der Waals surface area (Å²) in [5.74, 6) is -0.539. The van der Waals surface area contributed by atoms with Crippen LogP contribution in [0.1, 0.15) is 46.5 Å². The first-order chi connectivity index (χ1) is 9.60. The lowest BCUT2D eigenvalue weighted by Gasteiger charge is -2.45. The van der Waals surface area contributed by atoms with Crippen LogP contribution < -0.4 is 0 Å². The van der Waals surface area contributed by atoms with Crippen LogP contribution in [0.4, 0.5) is 0 Å². The van der Waals surface area contributed by atoms with Crippen molar-refractivity contribution in [1.82, 2.24) is 0 Å². The average molecular weight is 316 g/mol. The molecule has 2 bridgehead atoms. The summed E-state index contributed by atoms with van der Waals surface area (Å²) in [6.45, 7) is 10.4. The van der Waals surface area contributed by atoms with E-state index in [4.69, 9.17) is 8.92 Å². The van der Waals surface area contributed by atoms with Gasteiger partial charge in [0.25, 0.3) is 0 Å². The van der Waals surface area contributed by atoms with Gasteiger partial charge in [-0.1, -0.05) is 32.9 Å². The van der Waals surface area contributed by atoms with Gasteiger partial charge in [-0.05, 0) is 31.1 Å². The second-order valence-electron chi connectivity index (χ2n) is 7.30. The molecular weight excluding hydrogens is 292 g/mol. The molecule has 21 heavy (non-hydrogen) atoms. The summed E-state index contributed by atoms with van der Waals surface area (Å²) >= 11 is 0. The van der Waals surface area contributed by atoms with E-state index >= 15 is 0 Å². The second kappa shape index (κ2) is 4.54. The van der Waals surface area contributed by atoms with Crippen molar-refractivity contribution in [2.75, 3.05) is 0 Å². The Labute approximate surface area is 126 Å². The smallest absolute Gasteiger partial charge is 0.341 e. The number of hydrogen-bond donors (Lipinski definition) is 1. The van der Waals surface area contributed by atoms with E-state index < -0.39 is 16.2 Å². The van der Waals surface area contributed by atoms with Gasteiger partial charge in [0.2, 0.25) is 0 Å². The molecule has 120 valence electrons. The van der Waals surface area contributed by atoms with Crippen molar-refractivity contribution in [2.45, 2.75) is 57.8 Å². The fourth-order valence-corrected chi connectivity index (χ4v) is 5.46. The highest BCUT2D eigenvalue weighted by molar-refractivity contribution is 7.80. The molecule has 2 heterocycles. The predicted molar refractivity (Wildman–Crippen MR) is 77.8 cm³/mol. The number of hydrogen-bond acceptors (Lipinski definition) is 4. The third kappa shape index (κ3) is 2.19. The molecule has 0 unspecified atom stereocenters. The Hall–Kier alpha value is -0.430. The molecule has 0 aromatic heterocycles. The van der Waals surface area contributed by atoms with E-state index in [0.717, 1.165) is 24.8 Å². The number of rotatable bonds is 3. The maximum atomic E-state index is 11.4. The normalized spacial score (nSPS) is 46.1. The Bertz CT molecular complexity index is 569. The molecule has 0 aromatic rings. The lowest BCUT2D eigenvalue weighted by Crippen LogP contribution is -2.51. The number of ether oxygens (including phenoxy) is 1. The molecule has 2 saturated heterocycles. The van der Waals surface area contributed by atoms with Crippen LogP contribution >= 0.6 is 0 Å². The molecule has 1 N–H and O–H groups in total. The summed E-state index contributed by atoms with van der Waals surface area (Å²) in [5.41, 5.74) is 0.618. The maximum Gasteiger partial charge on any atom is 0.400 e. The summed E-state index contributed by atoms with van der Waals surface area (Å²) in [4.78, 5) is 0. The molecule has 1 spiro atoms. The third-order valence-corrected chi connectivity index (χ3v) is 6.29. The van der Waals surface area contributed by atoms with Crippen molar-refractivity contribution in [3.8, 4) is 0 Å². The van der Waals surface area contributed by atoms with E-state index in [1.165, 1.54) is 0 Å². The Morgan fingerprint density at radius 2 is 2.10 bits per heavy atom. The fourth-order valence-electron chi connectivity index (χ4n) is 4.89. The molecule has 2 aliphatic heterocycles. The third-order valence-electron chi connectivity index (χ3n) is 5.80. The molecule has 1 aliphatic carbocycles. The molecule has 0 amide bonds. The first-order valence-electron chi connectivity index (χ1n) is 7.65. The standard InChI is InChI=1S/C15H24O5S/c1-9(2)13-8-14-11(4)5-6-12(14)10(3)7-15(13,19-14)20-21(16,17)18/h9,11-13H,3,5-8H2,1-2,4H3,(H,16,17,18)/t11-,12-,13-,14-,15+/m0/s1. The minimum atomic E-state index is -4.57. The van der Waals surface area contributed by atoms with Gasteiger partial charge in [0.15, 0.2) is 5.79 Å². The zero-order chi connectivity index (χ0) is 15.6. The average Bonchev–Trinajstić information content (AvgIpc) is 2.75. The molecular formula is C15H24O5S. The minimum absolute atomic E-state index is 0.0678. The van der Waals surface area contributed by atoms with Gasteiger partial charge < -0.3 is 4.74 Å². The maximum absolute atomic E-state index is 11.4. The van der Waals surface area contributed by atoms with Crippen LogP contribution in [0.2, 0.25) is 0 Å². The molecule has 5 nitrogen and oxygen atoms in total. The SMILES string of the molecule is C=C1C[C@]2(OS(=O)(=O)O)O[C@@]3(C[C@H]2C(C)C)[C@@H](C)CC[C@@H]13. The lowest BCUT2D eigenvalue weighted by molar-refractivity contribution is -0.254. The van der Waals surface area contributed by atoms with Gasteiger partial charge in [-0.2, -0.15) is 8.42 Å². The van der Waals surface area contributed by atoms with E-state index in [9.17, 15) is 13.0 Å². The topological polar surface area (TPSA) is 72.8 Å². The van der Waals surface area contributed by atoms with Crippen LogP contribution in [0, 0.1) is 23.7 Å². The van der Waals surface area contributed by atoms with Gasteiger partial charge >= 0.3 is 10.4 Å². The summed E-state index contributed by atoms with van der Waals surface area (Å²) in [6, 6.07) is 0. The highest BCUT2D eigenvalue weighted by Crippen LogP contribution is 2.65. The second-order valence-corrected chi connectivity index (χ2v) is 8.32. The summed E-state index contributed by atoms with van der Waals surface area (Å²) in [6.07, 6.45) is 3.20. The predicted octanol–water partition coefficient (Wildman–Crippen LogP) is 2.94. The quantitative estimate of drug-likeness (QED) is 0.640. The zero-order valence-corrected chi connectivity index (χ0v) is 13.6. The van der Waals surface area contributed by atoms with Crippen LogP contribution in [0.25, 0.3) is 0 Å². The Balaban J connectivity index is 2.08. The molecule has 3 fully saturated rings.